The van der Waals surface area contributed by atoms with Crippen molar-refractivity contribution < 1.29 is 9.52 Å². The van der Waals surface area contributed by atoms with Gasteiger partial charge >= 0.3 is 0 Å². The summed E-state index contributed by atoms with van der Waals surface area (Å²) >= 11 is 0. The molecule has 0 aliphatic carbocycles. The van der Waals surface area contributed by atoms with Gasteiger partial charge < -0.3 is 14.4 Å². The first-order valence-electron chi connectivity index (χ1n) is 6.72. The van der Waals surface area contributed by atoms with Gasteiger partial charge in [-0.05, 0) is 38.1 Å². The van der Waals surface area contributed by atoms with E-state index in [4.69, 9.17) is 4.42 Å². The Morgan fingerprint density at radius 3 is 2.72 bits per heavy atom. The van der Waals surface area contributed by atoms with Gasteiger partial charge in [0.15, 0.2) is 0 Å². The number of benzene rings is 1. The van der Waals surface area contributed by atoms with Gasteiger partial charge in [-0.25, -0.2) is 0 Å². The molecule has 18 heavy (non-hydrogen) atoms. The molecular formula is C15H19NO2. The molecule has 1 N–H and O–H groups in total. The molecule has 1 atom stereocenters. The van der Waals surface area contributed by atoms with Crippen molar-refractivity contribution in [3.63, 3.8) is 0 Å². The molecule has 1 unspecified atom stereocenters. The van der Waals surface area contributed by atoms with E-state index in [1.807, 2.05) is 30.3 Å². The highest BCUT2D eigenvalue weighted by Crippen LogP contribution is 2.25. The second-order valence-corrected chi connectivity index (χ2v) is 5.06. The van der Waals surface area contributed by atoms with E-state index >= 15 is 0 Å². The molecule has 1 aromatic heterocycles. The van der Waals surface area contributed by atoms with E-state index in [-0.39, 0.29) is 0 Å². The molecule has 0 spiro atoms. The van der Waals surface area contributed by atoms with Gasteiger partial charge in [-0.3, -0.25) is 0 Å². The maximum Gasteiger partial charge on any atom is 0.135 e. The fraction of sp³-hybridized carbons (Fsp3) is 0.467. The summed E-state index contributed by atoms with van der Waals surface area (Å²) in [5.41, 5.74) is 0.852. The minimum atomic E-state index is -0.518. The van der Waals surface area contributed by atoms with Crippen LogP contribution in [0.15, 0.2) is 34.7 Å². The normalized spacial score (nSPS) is 19.2. The predicted octanol–water partition coefficient (Wildman–Crippen LogP) is 2.95. The van der Waals surface area contributed by atoms with E-state index in [0.29, 0.717) is 12.3 Å². The predicted molar refractivity (Wildman–Crippen MR) is 71.5 cm³/mol. The zero-order valence-corrected chi connectivity index (χ0v) is 10.5. The number of likely N-dealkylation sites (tertiary alicyclic amines) is 1. The van der Waals surface area contributed by atoms with Crippen molar-refractivity contribution in [3.8, 4) is 0 Å². The van der Waals surface area contributed by atoms with Crippen molar-refractivity contribution in [3.05, 3.63) is 36.1 Å². The number of aliphatic hydroxyl groups is 1. The molecule has 1 saturated heterocycles. The Morgan fingerprint density at radius 2 is 1.94 bits per heavy atom. The summed E-state index contributed by atoms with van der Waals surface area (Å²) in [5, 5.41) is 11.3. The maximum absolute atomic E-state index is 10.2. The van der Waals surface area contributed by atoms with Crippen LogP contribution in [-0.2, 0) is 0 Å². The van der Waals surface area contributed by atoms with Gasteiger partial charge in [0.2, 0.25) is 0 Å². The van der Waals surface area contributed by atoms with E-state index in [0.717, 1.165) is 24.1 Å². The van der Waals surface area contributed by atoms with Crippen molar-refractivity contribution in [1.82, 2.24) is 4.90 Å². The largest absolute Gasteiger partial charge is 0.458 e. The van der Waals surface area contributed by atoms with E-state index < -0.39 is 6.10 Å². The summed E-state index contributed by atoms with van der Waals surface area (Å²) in [4.78, 5) is 2.32. The van der Waals surface area contributed by atoms with Crippen molar-refractivity contribution in [2.24, 2.45) is 0 Å². The first-order valence-corrected chi connectivity index (χ1v) is 6.72. The van der Waals surface area contributed by atoms with Crippen LogP contribution < -0.4 is 0 Å². The highest BCUT2D eigenvalue weighted by atomic mass is 16.4. The topological polar surface area (TPSA) is 36.6 Å². The molecule has 3 heteroatoms. The van der Waals surface area contributed by atoms with Crippen LogP contribution in [0.2, 0.25) is 0 Å². The van der Waals surface area contributed by atoms with Crippen LogP contribution in [0.5, 0.6) is 0 Å². The quantitative estimate of drug-likeness (QED) is 0.903. The van der Waals surface area contributed by atoms with Crippen molar-refractivity contribution >= 4 is 11.0 Å². The van der Waals surface area contributed by atoms with Gasteiger partial charge in [0, 0.05) is 11.9 Å². The third kappa shape index (κ3) is 2.42. The Balaban J connectivity index is 1.72. The number of rotatable bonds is 3. The number of nitrogens with zero attached hydrogens (tertiary/aromatic N) is 1. The molecular weight excluding hydrogens is 226 g/mol. The van der Waals surface area contributed by atoms with Gasteiger partial charge in [0.25, 0.3) is 0 Å². The highest BCUT2D eigenvalue weighted by molar-refractivity contribution is 5.77. The van der Waals surface area contributed by atoms with Crippen LogP contribution in [0.4, 0.5) is 0 Å². The molecule has 2 heterocycles. The summed E-state index contributed by atoms with van der Waals surface area (Å²) in [5.74, 6) is 0.682. The van der Waals surface area contributed by atoms with Crippen LogP contribution in [0.3, 0.4) is 0 Å². The Labute approximate surface area is 107 Å². The molecule has 96 valence electrons. The molecule has 3 rings (SSSR count). The molecule has 0 radical (unpaired) electrons. The SMILES string of the molecule is OC(CN1CCCCC1)c1cc2ccccc2o1. The van der Waals surface area contributed by atoms with E-state index in [9.17, 15) is 5.11 Å². The molecule has 1 aliphatic rings. The smallest absolute Gasteiger partial charge is 0.135 e. The lowest BCUT2D eigenvalue weighted by Gasteiger charge is -2.27. The van der Waals surface area contributed by atoms with Crippen LogP contribution in [-0.4, -0.2) is 29.6 Å². The molecule has 0 bridgehead atoms. The lowest BCUT2D eigenvalue weighted by molar-refractivity contribution is 0.0863. The second kappa shape index (κ2) is 5.12. The molecule has 0 amide bonds. The minimum Gasteiger partial charge on any atom is -0.458 e. The molecule has 1 fully saturated rings. The number of β-amino-alcohol motifs (C(OH)–C–C–N with tert-alkyl or cyclic N) is 1. The fourth-order valence-corrected chi connectivity index (χ4v) is 2.64. The summed E-state index contributed by atoms with van der Waals surface area (Å²) in [6.07, 6.45) is 3.28. The highest BCUT2D eigenvalue weighted by Gasteiger charge is 2.18. The fourth-order valence-electron chi connectivity index (χ4n) is 2.64. The van der Waals surface area contributed by atoms with Gasteiger partial charge in [0.1, 0.15) is 17.4 Å². The van der Waals surface area contributed by atoms with E-state index in [1.165, 1.54) is 19.3 Å². The number of aliphatic hydroxyl groups excluding tert-OH is 1. The standard InChI is InChI=1S/C15H19NO2/c17-13(11-16-8-4-1-5-9-16)15-10-12-6-2-3-7-14(12)18-15/h2-3,6-7,10,13,17H,1,4-5,8-9,11H2. The van der Waals surface area contributed by atoms with Crippen molar-refractivity contribution in [2.45, 2.75) is 25.4 Å². The summed E-state index contributed by atoms with van der Waals surface area (Å²) < 4.78 is 5.69. The van der Waals surface area contributed by atoms with E-state index in [2.05, 4.69) is 4.90 Å². The third-order valence-electron chi connectivity index (χ3n) is 3.65. The number of hydrogen-bond acceptors (Lipinski definition) is 3. The number of piperidine rings is 1. The van der Waals surface area contributed by atoms with Gasteiger partial charge in [-0.15, -0.1) is 0 Å². The average molecular weight is 245 g/mol. The van der Waals surface area contributed by atoms with Crippen LogP contribution >= 0.6 is 0 Å². The maximum atomic E-state index is 10.2. The monoisotopic (exact) mass is 245 g/mol. The van der Waals surface area contributed by atoms with Crippen LogP contribution in [0.1, 0.15) is 31.1 Å². The summed E-state index contributed by atoms with van der Waals surface area (Å²) in [6.45, 7) is 2.87. The molecule has 0 saturated carbocycles. The Hall–Kier alpha value is -1.32. The third-order valence-corrected chi connectivity index (χ3v) is 3.65. The zero-order valence-electron chi connectivity index (χ0n) is 10.5. The first-order chi connectivity index (χ1) is 8.83. The number of para-hydroxylation sites is 1. The van der Waals surface area contributed by atoms with Crippen molar-refractivity contribution in [2.75, 3.05) is 19.6 Å². The van der Waals surface area contributed by atoms with Crippen LogP contribution in [0.25, 0.3) is 11.0 Å². The lowest BCUT2D eigenvalue weighted by atomic mass is 10.1. The van der Waals surface area contributed by atoms with Crippen molar-refractivity contribution in [1.29, 1.82) is 0 Å². The summed E-state index contributed by atoms with van der Waals surface area (Å²) in [7, 11) is 0. The average Bonchev–Trinajstić information content (AvgIpc) is 2.84. The number of furan rings is 1. The zero-order chi connectivity index (χ0) is 12.4. The number of fused-ring (bicyclic) bond motifs is 1. The van der Waals surface area contributed by atoms with Gasteiger partial charge in [-0.1, -0.05) is 24.6 Å². The summed E-state index contributed by atoms with van der Waals surface area (Å²) in [6, 6.07) is 9.83. The van der Waals surface area contributed by atoms with Gasteiger partial charge in [0.05, 0.1) is 0 Å². The Bertz CT molecular complexity index is 481. The Kier molecular flexibility index (Phi) is 3.35. The number of hydrogen-bond donors (Lipinski definition) is 1. The Morgan fingerprint density at radius 1 is 1.17 bits per heavy atom. The minimum absolute atomic E-state index is 0.518. The first kappa shape index (κ1) is 11.8. The molecule has 1 aromatic carbocycles. The lowest BCUT2D eigenvalue weighted by Crippen LogP contribution is -2.33. The second-order valence-electron chi connectivity index (χ2n) is 5.06. The molecule has 3 nitrogen and oxygen atoms in total. The van der Waals surface area contributed by atoms with E-state index in [1.54, 1.807) is 0 Å². The molecule has 1 aliphatic heterocycles. The van der Waals surface area contributed by atoms with Crippen LogP contribution in [0, 0.1) is 0 Å². The van der Waals surface area contributed by atoms with Gasteiger partial charge in [-0.2, -0.15) is 0 Å². The molecule has 2 aromatic rings.